The third kappa shape index (κ3) is 17.6. The Morgan fingerprint density at radius 3 is 1.22 bits per heavy atom. The van der Waals surface area contributed by atoms with Crippen molar-refractivity contribution in [2.24, 2.45) is 16.8 Å². The molecule has 0 aromatic carbocycles. The van der Waals surface area contributed by atoms with Crippen LogP contribution >= 0.6 is 0 Å². The highest BCUT2D eigenvalue weighted by atomic mass is 16.4. The molecule has 5 rings (SSSR count). The van der Waals surface area contributed by atoms with Crippen molar-refractivity contribution in [1.82, 2.24) is 24.5 Å². The van der Waals surface area contributed by atoms with Gasteiger partial charge in [0.15, 0.2) is 5.78 Å². The molecule has 5 aliphatic rings. The van der Waals surface area contributed by atoms with E-state index in [1.54, 1.807) is 13.8 Å². The Hall–Kier alpha value is -3.55. The van der Waals surface area contributed by atoms with Crippen LogP contribution in [0.1, 0.15) is 92.4 Å². The summed E-state index contributed by atoms with van der Waals surface area (Å²) in [4.78, 5) is 36.1. The second-order valence-electron chi connectivity index (χ2n) is 13.4. The van der Waals surface area contributed by atoms with Gasteiger partial charge in [0, 0.05) is 71.9 Å². The number of piperidine rings is 3. The number of carboxylic acids is 1. The van der Waals surface area contributed by atoms with Crippen LogP contribution in [0.5, 0.6) is 0 Å². The van der Waals surface area contributed by atoms with Gasteiger partial charge in [-0.05, 0) is 92.4 Å². The van der Waals surface area contributed by atoms with E-state index >= 15 is 0 Å². The molecular formula is C35H66N10O4. The third-order valence-corrected chi connectivity index (χ3v) is 9.64. The molecule has 0 aliphatic carbocycles. The highest BCUT2D eigenvalue weighted by molar-refractivity contribution is 5.83. The topological polar surface area (TPSA) is 199 Å². The first-order valence-corrected chi connectivity index (χ1v) is 18.0. The maximum absolute atomic E-state index is 11.1. The molecule has 0 saturated carbocycles. The van der Waals surface area contributed by atoms with Crippen molar-refractivity contribution in [1.29, 1.82) is 21.6 Å². The standard InChI is InChI=1S/C9H16N2O2.C8H14N2O2.C7H14N2.C6H12N2.C5H10N2/c1-7(10)11-4-2-8(3-5-11)9(13)6-12;1-6(9)10-4-2-7(3-5-10)8(11)12;1-7(8)9-5-3-2-4-6-9;1-6(7)8-4-2-3-5-8;1-5-6-3-4-7(5)2/h8,10,12H,2-6H2,1H3;7,9H,2-5H2,1H3,(H,11,12);8H,2-6H2,1H3;7H,2-5H2,1H3;3-4H2,1-2H3. The van der Waals surface area contributed by atoms with Gasteiger partial charge >= 0.3 is 5.97 Å². The molecule has 4 saturated heterocycles. The first-order valence-electron chi connectivity index (χ1n) is 18.0. The fourth-order valence-corrected chi connectivity index (χ4v) is 6.05. The summed E-state index contributed by atoms with van der Waals surface area (Å²) in [5.41, 5.74) is 0. The molecule has 0 radical (unpaired) electrons. The van der Waals surface area contributed by atoms with Crippen molar-refractivity contribution in [2.75, 3.05) is 79.1 Å². The molecule has 0 aromatic rings. The maximum atomic E-state index is 11.1. The summed E-state index contributed by atoms with van der Waals surface area (Å²) in [7, 11) is 2.06. The van der Waals surface area contributed by atoms with Crippen LogP contribution in [0.15, 0.2) is 4.99 Å². The van der Waals surface area contributed by atoms with Gasteiger partial charge in [-0.2, -0.15) is 0 Å². The fourth-order valence-electron chi connectivity index (χ4n) is 6.05. The molecular weight excluding hydrogens is 624 g/mol. The molecule has 0 spiro atoms. The quantitative estimate of drug-likeness (QED) is 0.188. The number of carbonyl (C=O) groups excluding carboxylic acids is 1. The summed E-state index contributed by atoms with van der Waals surface area (Å²) in [5.74, 6) is 2.80. The molecule has 6 N–H and O–H groups in total. The number of likely N-dealkylation sites (N-methyl/N-ethyl adjacent to an activating group) is 1. The molecule has 0 aromatic heterocycles. The zero-order valence-electron chi connectivity index (χ0n) is 31.2. The summed E-state index contributed by atoms with van der Waals surface area (Å²) >= 11 is 0. The maximum Gasteiger partial charge on any atom is 0.306 e. The average molecular weight is 691 g/mol. The minimum atomic E-state index is -0.697. The molecule has 0 unspecified atom stereocenters. The molecule has 5 heterocycles. The molecule has 0 amide bonds. The Morgan fingerprint density at radius 1 is 0.633 bits per heavy atom. The highest BCUT2D eigenvalue weighted by Gasteiger charge is 2.25. The summed E-state index contributed by atoms with van der Waals surface area (Å²) in [6, 6.07) is 0. The van der Waals surface area contributed by atoms with Crippen LogP contribution in [0.3, 0.4) is 0 Å². The van der Waals surface area contributed by atoms with Crippen LogP contribution in [0.25, 0.3) is 0 Å². The molecule has 4 fully saturated rings. The van der Waals surface area contributed by atoms with Crippen molar-refractivity contribution < 1.29 is 19.8 Å². The molecule has 49 heavy (non-hydrogen) atoms. The second kappa shape index (κ2) is 23.7. The lowest BCUT2D eigenvalue weighted by molar-refractivity contribution is -0.143. The van der Waals surface area contributed by atoms with Crippen LogP contribution in [0.2, 0.25) is 0 Å². The Kier molecular flexibility index (Phi) is 21.1. The minimum absolute atomic E-state index is 0.0144. The number of carboxylic acid groups (broad SMARTS) is 1. The SMILES string of the molecule is CC(=N)N1CCC(C(=O)CO)CC1.CC(=N)N1CCC(C(=O)O)CC1.CC(=N)N1CCCC1.CC(=N)N1CCCCC1.CC1=NCCN1C. The van der Waals surface area contributed by atoms with Gasteiger partial charge in [0.2, 0.25) is 0 Å². The van der Waals surface area contributed by atoms with Gasteiger partial charge in [0.05, 0.1) is 41.6 Å². The lowest BCUT2D eigenvalue weighted by Crippen LogP contribution is -2.39. The van der Waals surface area contributed by atoms with E-state index < -0.39 is 5.97 Å². The van der Waals surface area contributed by atoms with E-state index in [9.17, 15) is 9.59 Å². The minimum Gasteiger partial charge on any atom is -0.481 e. The number of rotatable bonds is 3. The summed E-state index contributed by atoms with van der Waals surface area (Å²) in [5, 5.41) is 46.6. The van der Waals surface area contributed by atoms with Crippen LogP contribution in [0, 0.1) is 33.5 Å². The zero-order valence-corrected chi connectivity index (χ0v) is 31.2. The third-order valence-electron chi connectivity index (χ3n) is 9.64. The van der Waals surface area contributed by atoms with Crippen molar-refractivity contribution in [3.8, 4) is 0 Å². The number of hydrogen-bond acceptors (Lipinski definition) is 9. The molecule has 14 nitrogen and oxygen atoms in total. The van der Waals surface area contributed by atoms with E-state index in [1.807, 2.05) is 30.6 Å². The predicted molar refractivity (Wildman–Crippen MR) is 199 cm³/mol. The van der Waals surface area contributed by atoms with Crippen LogP contribution < -0.4 is 0 Å². The Morgan fingerprint density at radius 2 is 0.980 bits per heavy atom. The van der Waals surface area contributed by atoms with Gasteiger partial charge in [-0.15, -0.1) is 0 Å². The second-order valence-corrected chi connectivity index (χ2v) is 13.4. The lowest BCUT2D eigenvalue weighted by atomic mass is 9.93. The number of carbonyl (C=O) groups is 2. The fraction of sp³-hybridized carbons (Fsp3) is 0.800. The number of nitrogens with zero attached hydrogens (tertiary/aromatic N) is 6. The van der Waals surface area contributed by atoms with Gasteiger partial charge in [-0.3, -0.25) is 36.2 Å². The first-order chi connectivity index (χ1) is 23.2. The van der Waals surface area contributed by atoms with Crippen LogP contribution in [0.4, 0.5) is 0 Å². The van der Waals surface area contributed by atoms with Gasteiger partial charge in [-0.1, -0.05) is 0 Å². The summed E-state index contributed by atoms with van der Waals surface area (Å²) in [6.45, 7) is 18.4. The van der Waals surface area contributed by atoms with Crippen LogP contribution in [-0.4, -0.2) is 155 Å². The van der Waals surface area contributed by atoms with Crippen molar-refractivity contribution >= 4 is 40.9 Å². The van der Waals surface area contributed by atoms with E-state index in [0.717, 1.165) is 76.9 Å². The smallest absolute Gasteiger partial charge is 0.306 e. The highest BCUT2D eigenvalue weighted by Crippen LogP contribution is 2.18. The molecule has 0 atom stereocenters. The van der Waals surface area contributed by atoms with Crippen LogP contribution in [-0.2, 0) is 9.59 Å². The van der Waals surface area contributed by atoms with E-state index in [-0.39, 0.29) is 24.2 Å². The number of aliphatic imine (C=N–C) groups is 1. The molecule has 280 valence electrons. The van der Waals surface area contributed by atoms with Gasteiger partial charge < -0.3 is 34.7 Å². The first kappa shape index (κ1) is 43.5. The monoisotopic (exact) mass is 691 g/mol. The Balaban J connectivity index is 0.000000312. The normalized spacial score (nSPS) is 19.4. The summed E-state index contributed by atoms with van der Waals surface area (Å²) in [6.07, 6.45) is 9.34. The lowest BCUT2D eigenvalue weighted by Gasteiger charge is -2.31. The summed E-state index contributed by atoms with van der Waals surface area (Å²) < 4.78 is 0. The van der Waals surface area contributed by atoms with Gasteiger partial charge in [-0.25, -0.2) is 0 Å². The Bertz CT molecular complexity index is 1060. The van der Waals surface area contributed by atoms with E-state index in [2.05, 4.69) is 26.7 Å². The number of Topliss-reactive ketones (excluding diaryl/α,β-unsaturated/α-hetero) is 1. The van der Waals surface area contributed by atoms with E-state index in [1.165, 1.54) is 37.9 Å². The number of amidine groups is 5. The average Bonchev–Trinajstić information content (AvgIpc) is 3.78. The molecule has 0 bridgehead atoms. The largest absolute Gasteiger partial charge is 0.481 e. The number of nitrogens with one attached hydrogen (secondary N) is 4. The van der Waals surface area contributed by atoms with Gasteiger partial charge in [0.1, 0.15) is 6.61 Å². The predicted octanol–water partition coefficient (Wildman–Crippen LogP) is 3.94. The Labute approximate surface area is 294 Å². The number of likely N-dealkylation sites (tertiary alicyclic amines) is 4. The van der Waals surface area contributed by atoms with E-state index in [0.29, 0.717) is 37.6 Å². The number of aliphatic carboxylic acids is 1. The van der Waals surface area contributed by atoms with Gasteiger partial charge in [0.25, 0.3) is 0 Å². The molecule has 14 heteroatoms. The number of aliphatic hydroxyl groups excluding tert-OH is 1. The number of aliphatic hydroxyl groups is 1. The molecule has 5 aliphatic heterocycles. The van der Waals surface area contributed by atoms with Crippen molar-refractivity contribution in [2.45, 2.75) is 92.4 Å². The number of hydrogen-bond donors (Lipinski definition) is 6. The number of ketones is 1. The van der Waals surface area contributed by atoms with E-state index in [4.69, 9.17) is 31.9 Å². The van der Waals surface area contributed by atoms with Crippen molar-refractivity contribution in [3.05, 3.63) is 0 Å². The zero-order chi connectivity index (χ0) is 36.9. The van der Waals surface area contributed by atoms with Crippen molar-refractivity contribution in [3.63, 3.8) is 0 Å².